The van der Waals surface area contributed by atoms with E-state index >= 15 is 0 Å². The summed E-state index contributed by atoms with van der Waals surface area (Å²) in [6, 6.07) is 0. The summed E-state index contributed by atoms with van der Waals surface area (Å²) in [6.45, 7) is 0. The van der Waals surface area contributed by atoms with Crippen LogP contribution in [0.2, 0.25) is 0 Å². The van der Waals surface area contributed by atoms with Gasteiger partial charge in [-0.05, 0) is 5.21 Å². The Kier molecular flexibility index (Phi) is 2.19. The summed E-state index contributed by atoms with van der Waals surface area (Å²) in [7, 11) is 1.66. The van der Waals surface area contributed by atoms with E-state index in [0.717, 1.165) is 0 Å². The Balaban J connectivity index is 2.05. The molecule has 2 aromatic rings. The van der Waals surface area contributed by atoms with Crippen LogP contribution in [0.25, 0.3) is 0 Å². The number of H-pyrrole nitrogens is 1. The fourth-order valence-electron chi connectivity index (χ4n) is 1.05. The highest BCUT2D eigenvalue weighted by atomic mass is 16.3. The largest absolute Gasteiger partial charge is 0.385 e. The third-order valence-corrected chi connectivity index (χ3v) is 1.67. The van der Waals surface area contributed by atoms with Crippen LogP contribution in [0.4, 0.5) is 0 Å². The van der Waals surface area contributed by atoms with E-state index in [1.54, 1.807) is 7.05 Å². The molecular weight excluding hydrogens is 186 g/mol. The number of nitrogens with zero attached hydrogens (tertiary/aromatic N) is 6. The van der Waals surface area contributed by atoms with Gasteiger partial charge in [0.1, 0.15) is 12.4 Å². The van der Waals surface area contributed by atoms with Crippen molar-refractivity contribution < 1.29 is 5.11 Å². The molecule has 0 saturated carbocycles. The second kappa shape index (κ2) is 3.50. The van der Waals surface area contributed by atoms with Crippen LogP contribution in [-0.4, -0.2) is 40.5 Å². The standard InChI is InChI=1S/C6H9N7O/c1-13-11-5(9-12-13)2-4(14)6-7-3-8-10-6/h3-4,14H,2H2,1H3,(H,7,8,10). The molecule has 0 spiro atoms. The molecule has 0 radical (unpaired) electrons. The van der Waals surface area contributed by atoms with Crippen molar-refractivity contribution in [3.63, 3.8) is 0 Å². The van der Waals surface area contributed by atoms with E-state index < -0.39 is 6.10 Å². The summed E-state index contributed by atoms with van der Waals surface area (Å²) in [5.41, 5.74) is 0. The fourth-order valence-corrected chi connectivity index (χ4v) is 1.05. The molecule has 0 aliphatic heterocycles. The Morgan fingerprint density at radius 3 is 3.07 bits per heavy atom. The smallest absolute Gasteiger partial charge is 0.177 e. The van der Waals surface area contributed by atoms with E-state index in [9.17, 15) is 5.11 Å². The second-order valence-electron chi connectivity index (χ2n) is 2.79. The lowest BCUT2D eigenvalue weighted by Crippen LogP contribution is -2.05. The quantitative estimate of drug-likeness (QED) is 0.624. The van der Waals surface area contributed by atoms with E-state index in [4.69, 9.17) is 0 Å². The Bertz CT molecular complexity index is 394. The number of tetrazole rings is 1. The zero-order chi connectivity index (χ0) is 9.97. The van der Waals surface area contributed by atoms with E-state index in [-0.39, 0.29) is 6.42 Å². The van der Waals surface area contributed by atoms with E-state index in [2.05, 4.69) is 30.6 Å². The third kappa shape index (κ3) is 1.74. The predicted molar refractivity (Wildman–Crippen MR) is 43.8 cm³/mol. The second-order valence-corrected chi connectivity index (χ2v) is 2.79. The number of aliphatic hydroxyl groups excluding tert-OH is 1. The number of aromatic nitrogens is 7. The van der Waals surface area contributed by atoms with Crippen LogP contribution in [0.5, 0.6) is 0 Å². The van der Waals surface area contributed by atoms with Gasteiger partial charge in [-0.3, -0.25) is 5.10 Å². The average Bonchev–Trinajstić information content (AvgIpc) is 2.75. The Hall–Kier alpha value is -1.83. The average molecular weight is 195 g/mol. The lowest BCUT2D eigenvalue weighted by Gasteiger charge is -2.01. The number of hydrogen-bond acceptors (Lipinski definition) is 6. The van der Waals surface area contributed by atoms with Crippen molar-refractivity contribution in [3.05, 3.63) is 18.0 Å². The number of hydrogen-bond donors (Lipinski definition) is 2. The molecule has 0 aliphatic rings. The van der Waals surface area contributed by atoms with Crippen LogP contribution in [-0.2, 0) is 13.5 Å². The Morgan fingerprint density at radius 1 is 1.64 bits per heavy atom. The van der Waals surface area contributed by atoms with Gasteiger partial charge in [0.15, 0.2) is 11.6 Å². The minimum Gasteiger partial charge on any atom is -0.385 e. The molecule has 0 saturated heterocycles. The van der Waals surface area contributed by atoms with Crippen LogP contribution in [0, 0.1) is 0 Å². The van der Waals surface area contributed by atoms with Crippen molar-refractivity contribution in [2.75, 3.05) is 0 Å². The number of nitrogens with one attached hydrogen (secondary N) is 1. The van der Waals surface area contributed by atoms with Crippen LogP contribution in [0.3, 0.4) is 0 Å². The van der Waals surface area contributed by atoms with Gasteiger partial charge in [0, 0.05) is 6.42 Å². The summed E-state index contributed by atoms with van der Waals surface area (Å²) >= 11 is 0. The monoisotopic (exact) mass is 195 g/mol. The van der Waals surface area contributed by atoms with Crippen molar-refractivity contribution >= 4 is 0 Å². The van der Waals surface area contributed by atoms with Crippen molar-refractivity contribution in [2.24, 2.45) is 7.05 Å². The van der Waals surface area contributed by atoms with Crippen molar-refractivity contribution in [2.45, 2.75) is 12.5 Å². The topological polar surface area (TPSA) is 105 Å². The van der Waals surface area contributed by atoms with Gasteiger partial charge in [-0.2, -0.15) is 9.90 Å². The number of aromatic amines is 1. The molecule has 1 atom stereocenters. The molecule has 8 heteroatoms. The molecule has 0 bridgehead atoms. The minimum absolute atomic E-state index is 0.267. The maximum Gasteiger partial charge on any atom is 0.177 e. The first kappa shape index (κ1) is 8.75. The molecule has 2 rings (SSSR count). The molecule has 0 aliphatic carbocycles. The first-order valence-corrected chi connectivity index (χ1v) is 4.02. The van der Waals surface area contributed by atoms with Gasteiger partial charge in [0.05, 0.1) is 7.05 Å². The highest BCUT2D eigenvalue weighted by molar-refractivity contribution is 4.92. The molecule has 14 heavy (non-hydrogen) atoms. The minimum atomic E-state index is -0.776. The summed E-state index contributed by atoms with van der Waals surface area (Å²) < 4.78 is 0. The SMILES string of the molecule is Cn1nnc(CC(O)c2ncn[nH]2)n1. The third-order valence-electron chi connectivity index (χ3n) is 1.67. The first-order valence-electron chi connectivity index (χ1n) is 4.02. The number of rotatable bonds is 3. The van der Waals surface area contributed by atoms with Crippen molar-refractivity contribution in [1.82, 2.24) is 35.4 Å². The first-order chi connectivity index (χ1) is 6.75. The van der Waals surface area contributed by atoms with E-state index in [1.807, 2.05) is 0 Å². The Morgan fingerprint density at radius 2 is 2.50 bits per heavy atom. The van der Waals surface area contributed by atoms with Crippen molar-refractivity contribution in [1.29, 1.82) is 0 Å². The van der Waals surface area contributed by atoms with Crippen LogP contribution in [0.15, 0.2) is 6.33 Å². The molecule has 8 nitrogen and oxygen atoms in total. The summed E-state index contributed by atoms with van der Waals surface area (Å²) in [5, 5.41) is 27.2. The molecule has 0 amide bonds. The molecule has 0 aromatic carbocycles. The van der Waals surface area contributed by atoms with Gasteiger partial charge in [0.2, 0.25) is 0 Å². The van der Waals surface area contributed by atoms with Gasteiger partial charge < -0.3 is 5.11 Å². The highest BCUT2D eigenvalue weighted by Crippen LogP contribution is 2.09. The molecule has 1 unspecified atom stereocenters. The lowest BCUT2D eigenvalue weighted by atomic mass is 10.2. The van der Waals surface area contributed by atoms with Crippen LogP contribution in [0.1, 0.15) is 17.8 Å². The molecule has 2 aromatic heterocycles. The number of aryl methyl sites for hydroxylation is 1. The normalized spacial score (nSPS) is 13.0. The predicted octanol–water partition coefficient (Wildman–Crippen LogP) is -1.40. The maximum absolute atomic E-state index is 9.62. The summed E-state index contributed by atoms with van der Waals surface area (Å²) in [6.07, 6.45) is 0.827. The molecule has 2 heterocycles. The molecule has 0 fully saturated rings. The van der Waals surface area contributed by atoms with Gasteiger partial charge in [-0.25, -0.2) is 4.98 Å². The van der Waals surface area contributed by atoms with Crippen LogP contribution < -0.4 is 0 Å². The maximum atomic E-state index is 9.62. The highest BCUT2D eigenvalue weighted by Gasteiger charge is 2.14. The Labute approximate surface area is 79.0 Å². The molecule has 2 N–H and O–H groups in total. The van der Waals surface area contributed by atoms with Gasteiger partial charge in [-0.15, -0.1) is 10.2 Å². The summed E-state index contributed by atoms with van der Waals surface area (Å²) in [4.78, 5) is 5.16. The molecule has 74 valence electrons. The van der Waals surface area contributed by atoms with E-state index in [1.165, 1.54) is 11.1 Å². The van der Waals surface area contributed by atoms with Gasteiger partial charge in [-0.1, -0.05) is 0 Å². The fraction of sp³-hybridized carbons (Fsp3) is 0.500. The zero-order valence-corrected chi connectivity index (χ0v) is 7.49. The number of aliphatic hydroxyl groups is 1. The van der Waals surface area contributed by atoms with Crippen molar-refractivity contribution in [3.8, 4) is 0 Å². The van der Waals surface area contributed by atoms with Gasteiger partial charge in [0.25, 0.3) is 0 Å². The molecular formula is C6H9N7O. The zero-order valence-electron chi connectivity index (χ0n) is 7.49. The van der Waals surface area contributed by atoms with Crippen LogP contribution >= 0.6 is 0 Å². The van der Waals surface area contributed by atoms with Gasteiger partial charge >= 0.3 is 0 Å². The van der Waals surface area contributed by atoms with E-state index in [0.29, 0.717) is 11.6 Å². The summed E-state index contributed by atoms with van der Waals surface area (Å²) in [5.74, 6) is 0.869. The lowest BCUT2D eigenvalue weighted by molar-refractivity contribution is 0.166.